The van der Waals surface area contributed by atoms with Gasteiger partial charge in [-0.25, -0.2) is 4.39 Å². The van der Waals surface area contributed by atoms with Gasteiger partial charge in [0.2, 0.25) is 0 Å². The van der Waals surface area contributed by atoms with E-state index in [2.05, 4.69) is 15.6 Å². The summed E-state index contributed by atoms with van der Waals surface area (Å²) >= 11 is 6.26. The zero-order chi connectivity index (χ0) is 19.4. The summed E-state index contributed by atoms with van der Waals surface area (Å²) in [5, 5.41) is 6.53. The van der Waals surface area contributed by atoms with Gasteiger partial charge in [0, 0.05) is 18.9 Å². The molecule has 0 aliphatic carbocycles. The average Bonchev–Trinajstić information content (AvgIpc) is 2.64. The molecule has 0 unspecified atom stereocenters. The molecule has 0 aliphatic heterocycles. The summed E-state index contributed by atoms with van der Waals surface area (Å²) in [7, 11) is 0. The van der Waals surface area contributed by atoms with Gasteiger partial charge in [-0.3, -0.25) is 9.78 Å². The van der Waals surface area contributed by atoms with E-state index in [9.17, 15) is 9.18 Å². The third kappa shape index (κ3) is 4.83. The largest absolute Gasteiger partial charge is 0.380 e. The standard InChI is InChI=1S/C21H19ClFN3O/c1-13-7-14(2)20(19(22)8-13)26-21(27)16-9-18(12-24-11-16)25-10-15-3-5-17(23)6-4-15/h3-9,11-12,25H,10H2,1-2H3,(H,26,27). The van der Waals surface area contributed by atoms with E-state index in [0.29, 0.717) is 28.5 Å². The Morgan fingerprint density at radius 2 is 1.85 bits per heavy atom. The zero-order valence-corrected chi connectivity index (χ0v) is 15.8. The van der Waals surface area contributed by atoms with Gasteiger partial charge in [0.25, 0.3) is 5.91 Å². The minimum absolute atomic E-state index is 0.274. The lowest BCUT2D eigenvalue weighted by Crippen LogP contribution is -2.14. The van der Waals surface area contributed by atoms with Gasteiger partial charge in [-0.1, -0.05) is 29.8 Å². The van der Waals surface area contributed by atoms with Crippen LogP contribution in [0.1, 0.15) is 27.0 Å². The highest BCUT2D eigenvalue weighted by Crippen LogP contribution is 2.28. The number of nitrogens with one attached hydrogen (secondary N) is 2. The second-order valence-corrected chi connectivity index (χ2v) is 6.74. The molecule has 2 N–H and O–H groups in total. The SMILES string of the molecule is Cc1cc(C)c(NC(=O)c2cncc(NCc3ccc(F)cc3)c2)c(Cl)c1. The summed E-state index contributed by atoms with van der Waals surface area (Å²) in [4.78, 5) is 16.7. The summed E-state index contributed by atoms with van der Waals surface area (Å²) < 4.78 is 13.0. The van der Waals surface area contributed by atoms with E-state index in [4.69, 9.17) is 11.6 Å². The molecule has 0 atom stereocenters. The summed E-state index contributed by atoms with van der Waals surface area (Å²) in [5.41, 5.74) is 4.55. The van der Waals surface area contributed by atoms with Crippen molar-refractivity contribution in [3.8, 4) is 0 Å². The fraction of sp³-hybridized carbons (Fsp3) is 0.143. The Hall–Kier alpha value is -2.92. The minimum Gasteiger partial charge on any atom is -0.380 e. The van der Waals surface area contributed by atoms with Gasteiger partial charge < -0.3 is 10.6 Å². The highest BCUT2D eigenvalue weighted by Gasteiger charge is 2.12. The molecular weight excluding hydrogens is 365 g/mol. The van der Waals surface area contributed by atoms with Crippen LogP contribution in [0, 0.1) is 19.7 Å². The van der Waals surface area contributed by atoms with E-state index < -0.39 is 0 Å². The number of hydrogen-bond donors (Lipinski definition) is 2. The molecule has 0 spiro atoms. The van der Waals surface area contributed by atoms with Gasteiger partial charge in [0.15, 0.2) is 0 Å². The average molecular weight is 384 g/mol. The molecule has 4 nitrogen and oxygen atoms in total. The van der Waals surface area contributed by atoms with E-state index in [0.717, 1.165) is 16.7 Å². The number of amides is 1. The van der Waals surface area contributed by atoms with Crippen LogP contribution in [-0.4, -0.2) is 10.9 Å². The normalized spacial score (nSPS) is 10.5. The second-order valence-electron chi connectivity index (χ2n) is 6.34. The van der Waals surface area contributed by atoms with Crippen LogP contribution in [0.15, 0.2) is 54.9 Å². The fourth-order valence-corrected chi connectivity index (χ4v) is 3.10. The minimum atomic E-state index is -0.290. The van der Waals surface area contributed by atoms with Crippen molar-refractivity contribution in [1.29, 1.82) is 0 Å². The predicted molar refractivity (Wildman–Crippen MR) is 107 cm³/mol. The first-order chi connectivity index (χ1) is 12.9. The number of halogens is 2. The molecule has 138 valence electrons. The van der Waals surface area contributed by atoms with Crippen molar-refractivity contribution >= 4 is 28.9 Å². The van der Waals surface area contributed by atoms with E-state index in [1.807, 2.05) is 26.0 Å². The summed E-state index contributed by atoms with van der Waals surface area (Å²) in [5.74, 6) is -0.564. The molecule has 0 fully saturated rings. The maximum absolute atomic E-state index is 13.0. The Kier molecular flexibility index (Phi) is 5.72. The number of aromatic nitrogens is 1. The molecule has 3 aromatic rings. The summed E-state index contributed by atoms with van der Waals surface area (Å²) in [6.07, 6.45) is 3.13. The van der Waals surface area contributed by atoms with Crippen LogP contribution < -0.4 is 10.6 Å². The first-order valence-corrected chi connectivity index (χ1v) is 8.81. The number of anilines is 2. The first kappa shape index (κ1) is 18.9. The van der Waals surface area contributed by atoms with Crippen molar-refractivity contribution in [3.63, 3.8) is 0 Å². The molecule has 1 amide bonds. The van der Waals surface area contributed by atoms with Gasteiger partial charge >= 0.3 is 0 Å². The Bertz CT molecular complexity index is 950. The molecule has 0 bridgehead atoms. The Morgan fingerprint density at radius 1 is 1.11 bits per heavy atom. The number of nitrogens with zero attached hydrogens (tertiary/aromatic N) is 1. The van der Waals surface area contributed by atoms with Crippen LogP contribution in [0.2, 0.25) is 5.02 Å². The second kappa shape index (κ2) is 8.18. The maximum Gasteiger partial charge on any atom is 0.257 e. The highest BCUT2D eigenvalue weighted by atomic mass is 35.5. The monoisotopic (exact) mass is 383 g/mol. The van der Waals surface area contributed by atoms with Crippen molar-refractivity contribution < 1.29 is 9.18 Å². The molecule has 0 aliphatic rings. The zero-order valence-electron chi connectivity index (χ0n) is 15.0. The van der Waals surface area contributed by atoms with Crippen LogP contribution >= 0.6 is 11.6 Å². The van der Waals surface area contributed by atoms with Crippen LogP contribution in [0.5, 0.6) is 0 Å². The van der Waals surface area contributed by atoms with E-state index in [-0.39, 0.29) is 11.7 Å². The predicted octanol–water partition coefficient (Wildman–Crippen LogP) is 5.36. The molecule has 3 rings (SSSR count). The number of hydrogen-bond acceptors (Lipinski definition) is 3. The topological polar surface area (TPSA) is 54.0 Å². The van der Waals surface area contributed by atoms with Crippen LogP contribution in [0.4, 0.5) is 15.8 Å². The lowest BCUT2D eigenvalue weighted by molar-refractivity contribution is 0.102. The molecule has 2 aromatic carbocycles. The first-order valence-electron chi connectivity index (χ1n) is 8.44. The van der Waals surface area contributed by atoms with Gasteiger partial charge in [-0.2, -0.15) is 0 Å². The number of aryl methyl sites for hydroxylation is 2. The summed E-state index contributed by atoms with van der Waals surface area (Å²) in [6, 6.07) is 11.7. The smallest absolute Gasteiger partial charge is 0.257 e. The molecular formula is C21H19ClFN3O. The quantitative estimate of drug-likeness (QED) is 0.624. The van der Waals surface area contributed by atoms with E-state index in [1.54, 1.807) is 24.4 Å². The van der Waals surface area contributed by atoms with Gasteiger partial charge in [0.1, 0.15) is 5.82 Å². The lowest BCUT2D eigenvalue weighted by Gasteiger charge is -2.12. The highest BCUT2D eigenvalue weighted by molar-refractivity contribution is 6.34. The van der Waals surface area contributed by atoms with Gasteiger partial charge in [-0.15, -0.1) is 0 Å². The molecule has 0 saturated carbocycles. The molecule has 1 aromatic heterocycles. The maximum atomic E-state index is 13.0. The van der Waals surface area contributed by atoms with E-state index in [1.165, 1.54) is 18.3 Å². The molecule has 27 heavy (non-hydrogen) atoms. The number of carbonyl (C=O) groups excluding carboxylic acids is 1. The van der Waals surface area contributed by atoms with Crippen molar-refractivity contribution in [2.45, 2.75) is 20.4 Å². The lowest BCUT2D eigenvalue weighted by atomic mass is 10.1. The van der Waals surface area contributed by atoms with Crippen LogP contribution in [-0.2, 0) is 6.54 Å². The van der Waals surface area contributed by atoms with Crippen molar-refractivity contribution in [1.82, 2.24) is 4.98 Å². The fourth-order valence-electron chi connectivity index (χ4n) is 2.73. The van der Waals surface area contributed by atoms with Crippen molar-refractivity contribution in [3.05, 3.63) is 88.0 Å². The Balaban J connectivity index is 1.71. The number of pyridine rings is 1. The van der Waals surface area contributed by atoms with Gasteiger partial charge in [0.05, 0.1) is 22.0 Å². The number of carbonyl (C=O) groups is 1. The summed E-state index contributed by atoms with van der Waals surface area (Å²) in [6.45, 7) is 4.34. The molecule has 6 heteroatoms. The Morgan fingerprint density at radius 3 is 2.56 bits per heavy atom. The Labute approximate surface area is 162 Å². The van der Waals surface area contributed by atoms with E-state index >= 15 is 0 Å². The van der Waals surface area contributed by atoms with Crippen molar-refractivity contribution in [2.75, 3.05) is 10.6 Å². The molecule has 0 saturated heterocycles. The number of rotatable bonds is 5. The number of benzene rings is 2. The molecule has 1 heterocycles. The van der Waals surface area contributed by atoms with Gasteiger partial charge in [-0.05, 0) is 54.8 Å². The van der Waals surface area contributed by atoms with Crippen LogP contribution in [0.3, 0.4) is 0 Å². The third-order valence-electron chi connectivity index (χ3n) is 4.08. The van der Waals surface area contributed by atoms with Crippen LogP contribution in [0.25, 0.3) is 0 Å². The molecule has 0 radical (unpaired) electrons. The van der Waals surface area contributed by atoms with Crippen molar-refractivity contribution in [2.24, 2.45) is 0 Å². The third-order valence-corrected chi connectivity index (χ3v) is 4.38.